The number of carbonyl (C=O) groups is 1. The van der Waals surface area contributed by atoms with Crippen LogP contribution in [0, 0.1) is 34.5 Å². The Morgan fingerprint density at radius 1 is 1.00 bits per heavy atom. The molecule has 1 heterocycles. The smallest absolute Gasteiger partial charge is 0.334 e. The maximum absolute atomic E-state index is 12.0. The van der Waals surface area contributed by atoms with Crippen LogP contribution in [0.15, 0.2) is 12.2 Å². The van der Waals surface area contributed by atoms with Crippen LogP contribution in [0.4, 0.5) is 0 Å². The molecule has 5 fully saturated rings. The summed E-state index contributed by atoms with van der Waals surface area (Å²) in [7, 11) is 0. The Hall–Kier alpha value is -0.830. The minimum atomic E-state index is -0.238. The number of rotatable bonds is 0. The Balaban J connectivity index is 1.40. The normalized spacial score (nSPS) is 56.0. The molecule has 26 heavy (non-hydrogen) atoms. The van der Waals surface area contributed by atoms with Gasteiger partial charge in [-0.15, -0.1) is 0 Å². The lowest BCUT2D eigenvalue weighted by Crippen LogP contribution is -2.56. The quantitative estimate of drug-likeness (QED) is 0.507. The summed E-state index contributed by atoms with van der Waals surface area (Å²) in [5, 5.41) is 10.6. The zero-order chi connectivity index (χ0) is 18.3. The van der Waals surface area contributed by atoms with Crippen LogP contribution in [0.25, 0.3) is 0 Å². The summed E-state index contributed by atoms with van der Waals surface area (Å²) >= 11 is 0. The van der Waals surface area contributed by atoms with Crippen molar-refractivity contribution in [3.63, 3.8) is 0 Å². The van der Waals surface area contributed by atoms with Crippen molar-refractivity contribution in [1.82, 2.24) is 0 Å². The summed E-state index contributed by atoms with van der Waals surface area (Å²) in [6, 6.07) is 0. The molecule has 144 valence electrons. The summed E-state index contributed by atoms with van der Waals surface area (Å²) in [5.74, 6) is 2.82. The van der Waals surface area contributed by atoms with Gasteiger partial charge in [0.2, 0.25) is 0 Å². The van der Waals surface area contributed by atoms with Gasteiger partial charge in [-0.05, 0) is 92.3 Å². The molecule has 4 saturated carbocycles. The second kappa shape index (κ2) is 5.37. The highest BCUT2D eigenvalue weighted by atomic mass is 16.6. The topological polar surface area (TPSA) is 46.5 Å². The average Bonchev–Trinajstić information content (AvgIpc) is 3.05. The van der Waals surface area contributed by atoms with Crippen LogP contribution in [0.1, 0.15) is 78.1 Å². The maximum atomic E-state index is 12.0. The predicted molar refractivity (Wildman–Crippen MR) is 100 cm³/mol. The molecule has 0 amide bonds. The van der Waals surface area contributed by atoms with Crippen molar-refractivity contribution in [2.45, 2.75) is 89.8 Å². The highest BCUT2D eigenvalue weighted by molar-refractivity contribution is 5.90. The lowest BCUT2D eigenvalue weighted by molar-refractivity contribution is -0.171. The zero-order valence-electron chi connectivity index (χ0n) is 16.4. The van der Waals surface area contributed by atoms with Crippen molar-refractivity contribution in [3.05, 3.63) is 12.2 Å². The molecule has 8 unspecified atom stereocenters. The van der Waals surface area contributed by atoms with Gasteiger partial charge in [-0.25, -0.2) is 4.79 Å². The van der Waals surface area contributed by atoms with Gasteiger partial charge in [0.15, 0.2) is 0 Å². The predicted octanol–water partition coefficient (Wildman–Crippen LogP) is 4.63. The molecule has 1 spiro atoms. The van der Waals surface area contributed by atoms with Crippen LogP contribution in [0.2, 0.25) is 0 Å². The summed E-state index contributed by atoms with van der Waals surface area (Å²) in [6.45, 7) is 8.83. The Morgan fingerprint density at radius 3 is 2.50 bits per heavy atom. The van der Waals surface area contributed by atoms with E-state index < -0.39 is 0 Å². The van der Waals surface area contributed by atoms with Crippen molar-refractivity contribution in [3.8, 4) is 0 Å². The summed E-state index contributed by atoms with van der Waals surface area (Å²) < 4.78 is 5.86. The Bertz CT molecular complexity index is 638. The number of esters is 1. The number of hydrogen-bond donors (Lipinski definition) is 1. The van der Waals surface area contributed by atoms with Crippen molar-refractivity contribution in [2.24, 2.45) is 34.5 Å². The molecule has 1 saturated heterocycles. The van der Waals surface area contributed by atoms with Gasteiger partial charge < -0.3 is 9.84 Å². The number of fused-ring (bicyclic) bond motifs is 5. The fourth-order valence-electron chi connectivity index (χ4n) is 8.30. The zero-order valence-corrected chi connectivity index (χ0v) is 16.4. The molecule has 1 aliphatic heterocycles. The van der Waals surface area contributed by atoms with Gasteiger partial charge in [-0.1, -0.05) is 20.4 Å². The standard InChI is InChI=1S/C23H34O3/c1-14-12-23(26-20(14)25)11-10-21(2)15(13-23)4-5-16-17-6-7-19(24)22(17,3)9-8-18(16)21/h15-19,24H,1,4-13H2,2-3H3. The van der Waals surface area contributed by atoms with E-state index in [4.69, 9.17) is 4.74 Å². The van der Waals surface area contributed by atoms with E-state index in [0.29, 0.717) is 22.8 Å². The number of ether oxygens (including phenoxy) is 1. The van der Waals surface area contributed by atoms with Gasteiger partial charge >= 0.3 is 5.97 Å². The summed E-state index contributed by atoms with van der Waals surface area (Å²) in [6.07, 6.45) is 11.2. The molecule has 0 bridgehead atoms. The van der Waals surface area contributed by atoms with Gasteiger partial charge in [0.1, 0.15) is 5.60 Å². The van der Waals surface area contributed by atoms with E-state index in [1.54, 1.807) is 0 Å². The first kappa shape index (κ1) is 17.3. The summed E-state index contributed by atoms with van der Waals surface area (Å²) in [5.41, 5.74) is 0.992. The highest BCUT2D eigenvalue weighted by Crippen LogP contribution is 2.67. The fourth-order valence-corrected chi connectivity index (χ4v) is 8.30. The first-order chi connectivity index (χ1) is 12.3. The molecule has 0 aromatic carbocycles. The minimum absolute atomic E-state index is 0.0856. The van der Waals surface area contributed by atoms with Gasteiger partial charge in [0.25, 0.3) is 0 Å². The monoisotopic (exact) mass is 358 g/mol. The SMILES string of the molecule is C=C1CC2(CCC3(C)C(CCC4C5CCC(O)C5(C)CCC43)C2)OC1=O. The maximum Gasteiger partial charge on any atom is 0.334 e. The van der Waals surface area contributed by atoms with Crippen molar-refractivity contribution < 1.29 is 14.6 Å². The minimum Gasteiger partial charge on any atom is -0.455 e. The van der Waals surface area contributed by atoms with Gasteiger partial charge in [-0.3, -0.25) is 0 Å². The highest BCUT2D eigenvalue weighted by Gasteiger charge is 2.62. The Labute approximate surface area is 157 Å². The van der Waals surface area contributed by atoms with Crippen LogP contribution >= 0.6 is 0 Å². The van der Waals surface area contributed by atoms with E-state index in [2.05, 4.69) is 20.4 Å². The number of hydrogen-bond acceptors (Lipinski definition) is 3. The Kier molecular flexibility index (Phi) is 3.57. The molecule has 3 nitrogen and oxygen atoms in total. The number of aliphatic hydroxyl groups is 1. The van der Waals surface area contributed by atoms with Gasteiger partial charge in [0, 0.05) is 12.0 Å². The summed E-state index contributed by atoms with van der Waals surface area (Å²) in [4.78, 5) is 12.0. The van der Waals surface area contributed by atoms with Crippen molar-refractivity contribution in [1.29, 1.82) is 0 Å². The third kappa shape index (κ3) is 2.13. The molecular formula is C23H34O3. The van der Waals surface area contributed by atoms with Gasteiger partial charge in [-0.2, -0.15) is 0 Å². The number of carbonyl (C=O) groups excluding carboxylic acids is 1. The molecule has 0 aromatic rings. The third-order valence-electron chi connectivity index (χ3n) is 9.89. The van der Waals surface area contributed by atoms with E-state index >= 15 is 0 Å². The number of aliphatic hydroxyl groups excluding tert-OH is 1. The second-order valence-corrected chi connectivity index (χ2v) is 10.9. The molecule has 3 heteroatoms. The van der Waals surface area contributed by atoms with Crippen molar-refractivity contribution in [2.75, 3.05) is 0 Å². The largest absolute Gasteiger partial charge is 0.455 e. The molecule has 5 rings (SSSR count). The fraction of sp³-hybridized carbons (Fsp3) is 0.870. The lowest BCUT2D eigenvalue weighted by atomic mass is 9.44. The van der Waals surface area contributed by atoms with E-state index in [1.807, 2.05) is 0 Å². The van der Waals surface area contributed by atoms with E-state index in [1.165, 1.54) is 38.5 Å². The van der Waals surface area contributed by atoms with Crippen LogP contribution < -0.4 is 0 Å². The first-order valence-corrected chi connectivity index (χ1v) is 10.9. The Morgan fingerprint density at radius 2 is 1.77 bits per heavy atom. The average molecular weight is 359 g/mol. The molecule has 5 aliphatic rings. The van der Waals surface area contributed by atoms with E-state index in [0.717, 1.165) is 37.5 Å². The molecule has 8 atom stereocenters. The van der Waals surface area contributed by atoms with Crippen LogP contribution in [0.3, 0.4) is 0 Å². The van der Waals surface area contributed by atoms with Crippen LogP contribution in [-0.4, -0.2) is 22.8 Å². The first-order valence-electron chi connectivity index (χ1n) is 10.9. The third-order valence-corrected chi connectivity index (χ3v) is 9.89. The van der Waals surface area contributed by atoms with E-state index in [-0.39, 0.29) is 23.1 Å². The van der Waals surface area contributed by atoms with Crippen molar-refractivity contribution >= 4 is 5.97 Å². The van der Waals surface area contributed by atoms with Crippen LogP contribution in [-0.2, 0) is 9.53 Å². The van der Waals surface area contributed by atoms with E-state index in [9.17, 15) is 9.90 Å². The molecule has 4 aliphatic carbocycles. The van der Waals surface area contributed by atoms with Gasteiger partial charge in [0.05, 0.1) is 6.10 Å². The van der Waals surface area contributed by atoms with Crippen LogP contribution in [0.5, 0.6) is 0 Å². The molecule has 0 aromatic heterocycles. The molecule has 0 radical (unpaired) electrons. The lowest BCUT2D eigenvalue weighted by Gasteiger charge is -2.61. The second-order valence-electron chi connectivity index (χ2n) is 10.9. The molecule has 1 N–H and O–H groups in total. The molecular weight excluding hydrogens is 324 g/mol.